The summed E-state index contributed by atoms with van der Waals surface area (Å²) in [7, 11) is 1.95. The van der Waals surface area contributed by atoms with Gasteiger partial charge < -0.3 is 9.88 Å². The normalized spacial score (nSPS) is 10.2. The number of halogens is 1. The minimum Gasteiger partial charge on any atom is -0.357 e. The maximum atomic E-state index is 11.8. The Morgan fingerprint density at radius 1 is 1.29 bits per heavy atom. The van der Waals surface area contributed by atoms with Crippen LogP contribution in [0.25, 0.3) is 0 Å². The molecule has 88 valence electrons. The fourth-order valence-corrected chi connectivity index (χ4v) is 1.68. The molecule has 1 aromatic heterocycles. The van der Waals surface area contributed by atoms with Crippen molar-refractivity contribution >= 4 is 17.5 Å². The first-order valence-electron chi connectivity index (χ1n) is 5.30. The highest BCUT2D eigenvalue weighted by Crippen LogP contribution is 2.09. The summed E-state index contributed by atoms with van der Waals surface area (Å²) in [5.74, 6) is -0.0921. The van der Waals surface area contributed by atoms with E-state index in [0.717, 1.165) is 5.56 Å². The third kappa shape index (κ3) is 3.11. The highest BCUT2D eigenvalue weighted by molar-refractivity contribution is 6.30. The quantitative estimate of drug-likeness (QED) is 0.890. The van der Waals surface area contributed by atoms with Crippen LogP contribution in [0.5, 0.6) is 0 Å². The first-order valence-corrected chi connectivity index (χ1v) is 5.67. The Morgan fingerprint density at radius 2 is 2.00 bits per heavy atom. The molecule has 0 atom stereocenters. The van der Waals surface area contributed by atoms with Crippen LogP contribution in [0.3, 0.4) is 0 Å². The van der Waals surface area contributed by atoms with Crippen LogP contribution in [0.15, 0.2) is 42.7 Å². The van der Waals surface area contributed by atoms with Gasteiger partial charge in [0.1, 0.15) is 0 Å². The van der Waals surface area contributed by atoms with Crippen LogP contribution >= 0.6 is 11.6 Å². The molecule has 0 aliphatic rings. The van der Waals surface area contributed by atoms with Crippen LogP contribution in [0.4, 0.5) is 0 Å². The van der Waals surface area contributed by atoms with Crippen LogP contribution in [0.2, 0.25) is 5.02 Å². The number of nitrogens with one attached hydrogen (secondary N) is 1. The van der Waals surface area contributed by atoms with E-state index in [4.69, 9.17) is 11.6 Å². The Bertz CT molecular complexity index is 516. The van der Waals surface area contributed by atoms with E-state index in [9.17, 15) is 4.79 Å². The van der Waals surface area contributed by atoms with Crippen LogP contribution in [-0.2, 0) is 13.6 Å². The number of benzene rings is 1. The molecule has 0 spiro atoms. The molecule has 0 aliphatic heterocycles. The second-order valence-electron chi connectivity index (χ2n) is 3.87. The molecule has 0 saturated carbocycles. The zero-order chi connectivity index (χ0) is 12.3. The lowest BCUT2D eigenvalue weighted by Gasteiger charge is -2.03. The van der Waals surface area contributed by atoms with Crippen molar-refractivity contribution in [1.29, 1.82) is 0 Å². The predicted octanol–water partition coefficient (Wildman–Crippen LogP) is 2.61. The summed E-state index contributed by atoms with van der Waals surface area (Å²) >= 11 is 5.76. The van der Waals surface area contributed by atoms with Gasteiger partial charge in [-0.3, -0.25) is 4.79 Å². The Balaban J connectivity index is 1.95. The fraction of sp³-hybridized carbons (Fsp3) is 0.154. The van der Waals surface area contributed by atoms with Crippen molar-refractivity contribution in [2.24, 2.45) is 7.05 Å². The summed E-state index contributed by atoms with van der Waals surface area (Å²) in [5.41, 5.74) is 1.69. The maximum absolute atomic E-state index is 11.8. The molecular formula is C13H13ClN2O. The fourth-order valence-electron chi connectivity index (χ4n) is 1.55. The molecule has 0 aliphatic carbocycles. The van der Waals surface area contributed by atoms with Gasteiger partial charge in [0.25, 0.3) is 5.91 Å². The topological polar surface area (TPSA) is 34.0 Å². The van der Waals surface area contributed by atoms with Gasteiger partial charge in [0, 0.05) is 36.6 Å². The predicted molar refractivity (Wildman–Crippen MR) is 68.0 cm³/mol. The summed E-state index contributed by atoms with van der Waals surface area (Å²) < 4.78 is 1.95. The summed E-state index contributed by atoms with van der Waals surface area (Å²) in [5, 5.41) is 3.48. The van der Waals surface area contributed by atoms with Crippen LogP contribution in [0, 0.1) is 0 Å². The molecule has 1 N–H and O–H groups in total. The summed E-state index contributed by atoms with van der Waals surface area (Å²) in [6.45, 7) is 0.530. The van der Waals surface area contributed by atoms with Crippen molar-refractivity contribution < 1.29 is 4.79 Å². The molecule has 1 heterocycles. The monoisotopic (exact) mass is 248 g/mol. The van der Waals surface area contributed by atoms with E-state index in [1.54, 1.807) is 24.3 Å². The van der Waals surface area contributed by atoms with E-state index in [1.807, 2.05) is 30.1 Å². The van der Waals surface area contributed by atoms with E-state index in [-0.39, 0.29) is 5.91 Å². The number of carbonyl (C=O) groups is 1. The SMILES string of the molecule is Cn1ccc(CNC(=O)c2ccc(Cl)cc2)c1. The van der Waals surface area contributed by atoms with E-state index >= 15 is 0 Å². The zero-order valence-corrected chi connectivity index (χ0v) is 10.2. The molecule has 0 fully saturated rings. The number of nitrogens with zero attached hydrogens (tertiary/aromatic N) is 1. The molecule has 3 nitrogen and oxygen atoms in total. The number of rotatable bonds is 3. The van der Waals surface area contributed by atoms with Gasteiger partial charge in [-0.15, -0.1) is 0 Å². The average molecular weight is 249 g/mol. The van der Waals surface area contributed by atoms with Crippen molar-refractivity contribution in [2.75, 3.05) is 0 Å². The third-order valence-electron chi connectivity index (χ3n) is 2.45. The van der Waals surface area contributed by atoms with Gasteiger partial charge in [-0.2, -0.15) is 0 Å². The highest BCUT2D eigenvalue weighted by atomic mass is 35.5. The number of carbonyl (C=O) groups excluding carboxylic acids is 1. The van der Waals surface area contributed by atoms with Gasteiger partial charge in [-0.25, -0.2) is 0 Å². The van der Waals surface area contributed by atoms with Gasteiger partial charge in [0.2, 0.25) is 0 Å². The minimum atomic E-state index is -0.0921. The summed E-state index contributed by atoms with van der Waals surface area (Å²) in [6, 6.07) is 8.81. The lowest BCUT2D eigenvalue weighted by Crippen LogP contribution is -2.22. The molecule has 2 aromatic rings. The molecule has 0 radical (unpaired) electrons. The lowest BCUT2D eigenvalue weighted by molar-refractivity contribution is 0.0951. The smallest absolute Gasteiger partial charge is 0.251 e. The van der Waals surface area contributed by atoms with Gasteiger partial charge in [-0.05, 0) is 35.9 Å². The van der Waals surface area contributed by atoms with Gasteiger partial charge in [0.05, 0.1) is 0 Å². The van der Waals surface area contributed by atoms with E-state index in [1.165, 1.54) is 0 Å². The van der Waals surface area contributed by atoms with E-state index < -0.39 is 0 Å². The number of hydrogen-bond donors (Lipinski definition) is 1. The van der Waals surface area contributed by atoms with Gasteiger partial charge in [0.15, 0.2) is 0 Å². The van der Waals surface area contributed by atoms with Crippen molar-refractivity contribution in [3.8, 4) is 0 Å². The van der Waals surface area contributed by atoms with Crippen LogP contribution in [-0.4, -0.2) is 10.5 Å². The lowest BCUT2D eigenvalue weighted by atomic mass is 10.2. The summed E-state index contributed by atoms with van der Waals surface area (Å²) in [6.07, 6.45) is 3.92. The third-order valence-corrected chi connectivity index (χ3v) is 2.70. The Labute approximate surface area is 105 Å². The largest absolute Gasteiger partial charge is 0.357 e. The molecule has 0 bridgehead atoms. The van der Waals surface area contributed by atoms with Crippen LogP contribution < -0.4 is 5.32 Å². The minimum absolute atomic E-state index is 0.0921. The highest BCUT2D eigenvalue weighted by Gasteiger charge is 2.04. The second kappa shape index (κ2) is 5.06. The average Bonchev–Trinajstić information content (AvgIpc) is 2.73. The van der Waals surface area contributed by atoms with Gasteiger partial charge in [-0.1, -0.05) is 11.6 Å². The Kier molecular flexibility index (Phi) is 3.49. The number of aryl methyl sites for hydroxylation is 1. The van der Waals surface area contributed by atoms with Crippen molar-refractivity contribution in [3.63, 3.8) is 0 Å². The molecule has 17 heavy (non-hydrogen) atoms. The molecule has 0 saturated heterocycles. The van der Waals surface area contributed by atoms with Crippen molar-refractivity contribution in [1.82, 2.24) is 9.88 Å². The van der Waals surface area contributed by atoms with Gasteiger partial charge >= 0.3 is 0 Å². The second-order valence-corrected chi connectivity index (χ2v) is 4.31. The molecule has 1 amide bonds. The number of amides is 1. The van der Waals surface area contributed by atoms with Crippen molar-refractivity contribution in [3.05, 3.63) is 58.9 Å². The molecule has 4 heteroatoms. The van der Waals surface area contributed by atoms with Crippen LogP contribution in [0.1, 0.15) is 15.9 Å². The Hall–Kier alpha value is -1.74. The standard InChI is InChI=1S/C13H13ClN2O/c1-16-7-6-10(9-16)8-15-13(17)11-2-4-12(14)5-3-11/h2-7,9H,8H2,1H3,(H,15,17). The maximum Gasteiger partial charge on any atom is 0.251 e. The molecular weight excluding hydrogens is 236 g/mol. The van der Waals surface area contributed by atoms with E-state index in [0.29, 0.717) is 17.1 Å². The Morgan fingerprint density at radius 3 is 2.59 bits per heavy atom. The molecule has 2 rings (SSSR count). The first kappa shape index (κ1) is 11.7. The zero-order valence-electron chi connectivity index (χ0n) is 9.48. The van der Waals surface area contributed by atoms with E-state index in [2.05, 4.69) is 5.32 Å². The molecule has 0 unspecified atom stereocenters. The number of aromatic nitrogens is 1. The summed E-state index contributed by atoms with van der Waals surface area (Å²) in [4.78, 5) is 11.8. The first-order chi connectivity index (χ1) is 8.15. The van der Waals surface area contributed by atoms with Crippen molar-refractivity contribution in [2.45, 2.75) is 6.54 Å². The number of hydrogen-bond acceptors (Lipinski definition) is 1. The molecule has 1 aromatic carbocycles.